The van der Waals surface area contributed by atoms with Gasteiger partial charge in [0.15, 0.2) is 5.72 Å². The highest BCUT2D eigenvalue weighted by atomic mass is 35.5. The maximum atomic E-state index is 5.87. The van der Waals surface area contributed by atoms with Gasteiger partial charge in [0, 0.05) is 6.04 Å². The van der Waals surface area contributed by atoms with E-state index < -0.39 is 0 Å². The molecule has 2 rings (SSSR count). The van der Waals surface area contributed by atoms with Gasteiger partial charge in [0.1, 0.15) is 0 Å². The molecule has 1 fully saturated rings. The fraction of sp³-hybridized carbons (Fsp3) is 0.556. The van der Waals surface area contributed by atoms with Crippen molar-refractivity contribution in [3.05, 3.63) is 21.3 Å². The van der Waals surface area contributed by atoms with Crippen molar-refractivity contribution in [3.63, 3.8) is 0 Å². The van der Waals surface area contributed by atoms with Gasteiger partial charge < -0.3 is 4.74 Å². The van der Waals surface area contributed by atoms with Gasteiger partial charge in [-0.15, -0.1) is 11.3 Å². The Morgan fingerprint density at radius 1 is 1.69 bits per heavy atom. The molecule has 0 radical (unpaired) electrons. The number of rotatable bonds is 1. The van der Waals surface area contributed by atoms with Crippen LogP contribution in [0.15, 0.2) is 12.1 Å². The summed E-state index contributed by atoms with van der Waals surface area (Å²) in [6.45, 7) is 4.91. The lowest BCUT2D eigenvalue weighted by atomic mass is 10.2. The lowest BCUT2D eigenvalue weighted by molar-refractivity contribution is 0.00550. The van der Waals surface area contributed by atoms with Crippen LogP contribution in [-0.4, -0.2) is 12.6 Å². The van der Waals surface area contributed by atoms with Crippen LogP contribution in [0.4, 0.5) is 0 Å². The number of ether oxygens (including phenoxy) is 1. The lowest BCUT2D eigenvalue weighted by Crippen LogP contribution is -2.36. The molecule has 13 heavy (non-hydrogen) atoms. The van der Waals surface area contributed by atoms with E-state index in [1.54, 1.807) is 11.3 Å². The van der Waals surface area contributed by atoms with Gasteiger partial charge in [-0.1, -0.05) is 11.6 Å². The summed E-state index contributed by atoms with van der Waals surface area (Å²) in [5, 5.41) is 3.39. The highest BCUT2D eigenvalue weighted by Gasteiger charge is 2.36. The first kappa shape index (κ1) is 9.46. The summed E-state index contributed by atoms with van der Waals surface area (Å²) in [5.41, 5.74) is -0.336. The minimum Gasteiger partial charge on any atom is -0.354 e. The number of hydrogen-bond donors (Lipinski definition) is 1. The van der Waals surface area contributed by atoms with E-state index in [0.717, 1.165) is 15.8 Å². The third-order valence-electron chi connectivity index (χ3n) is 2.19. The molecule has 1 saturated heterocycles. The number of hydrogen-bond acceptors (Lipinski definition) is 3. The first-order valence-electron chi connectivity index (χ1n) is 4.27. The smallest absolute Gasteiger partial charge is 0.152 e. The summed E-state index contributed by atoms with van der Waals surface area (Å²) in [6, 6.07) is 4.32. The summed E-state index contributed by atoms with van der Waals surface area (Å²) < 4.78 is 6.50. The largest absolute Gasteiger partial charge is 0.354 e. The van der Waals surface area contributed by atoms with Gasteiger partial charge in [-0.3, -0.25) is 5.32 Å². The quantitative estimate of drug-likeness (QED) is 0.781. The first-order chi connectivity index (χ1) is 6.10. The van der Waals surface area contributed by atoms with Crippen LogP contribution in [0.2, 0.25) is 4.34 Å². The number of thiophene rings is 1. The monoisotopic (exact) mass is 217 g/mol. The molecule has 72 valence electrons. The Hall–Kier alpha value is -0.0900. The molecule has 0 saturated carbocycles. The summed E-state index contributed by atoms with van der Waals surface area (Å²) in [7, 11) is 0. The van der Waals surface area contributed by atoms with E-state index >= 15 is 0 Å². The Morgan fingerprint density at radius 2 is 2.46 bits per heavy atom. The van der Waals surface area contributed by atoms with Crippen molar-refractivity contribution in [2.75, 3.05) is 6.61 Å². The number of nitrogens with one attached hydrogen (secondary N) is 1. The zero-order chi connectivity index (χ0) is 9.47. The predicted octanol–water partition coefficient (Wildman–Crippen LogP) is 2.58. The van der Waals surface area contributed by atoms with E-state index in [4.69, 9.17) is 16.3 Å². The van der Waals surface area contributed by atoms with Crippen molar-refractivity contribution in [1.82, 2.24) is 5.32 Å². The Morgan fingerprint density at radius 3 is 2.92 bits per heavy atom. The van der Waals surface area contributed by atoms with Gasteiger partial charge in [0.25, 0.3) is 0 Å². The van der Waals surface area contributed by atoms with Crippen molar-refractivity contribution < 1.29 is 4.74 Å². The van der Waals surface area contributed by atoms with Crippen LogP contribution in [0.25, 0.3) is 0 Å². The lowest BCUT2D eigenvalue weighted by Gasteiger charge is -2.22. The zero-order valence-corrected chi connectivity index (χ0v) is 9.21. The van der Waals surface area contributed by atoms with E-state index in [-0.39, 0.29) is 5.72 Å². The standard InChI is InChI=1S/C9H12ClNOS/c1-6-5-12-9(2,11-6)7-3-4-8(10)13-7/h3-4,6,11H,5H2,1-2H3. The highest BCUT2D eigenvalue weighted by molar-refractivity contribution is 7.16. The summed E-state index contributed by atoms with van der Waals surface area (Å²) in [4.78, 5) is 1.14. The van der Waals surface area contributed by atoms with Crippen LogP contribution >= 0.6 is 22.9 Å². The maximum Gasteiger partial charge on any atom is 0.152 e. The van der Waals surface area contributed by atoms with Crippen molar-refractivity contribution in [2.45, 2.75) is 25.6 Å². The molecule has 2 nitrogen and oxygen atoms in total. The Kier molecular flexibility index (Phi) is 2.36. The van der Waals surface area contributed by atoms with Crippen molar-refractivity contribution in [1.29, 1.82) is 0 Å². The molecule has 1 aromatic rings. The van der Waals surface area contributed by atoms with Gasteiger partial charge in [-0.05, 0) is 26.0 Å². The first-order valence-corrected chi connectivity index (χ1v) is 5.47. The summed E-state index contributed by atoms with van der Waals surface area (Å²) in [6.07, 6.45) is 0. The fourth-order valence-electron chi connectivity index (χ4n) is 1.56. The average Bonchev–Trinajstić information content (AvgIpc) is 2.60. The van der Waals surface area contributed by atoms with Crippen LogP contribution in [0, 0.1) is 0 Å². The number of halogens is 1. The van der Waals surface area contributed by atoms with E-state index in [0.29, 0.717) is 6.04 Å². The molecule has 2 unspecified atom stereocenters. The predicted molar refractivity (Wildman–Crippen MR) is 55.2 cm³/mol. The average molecular weight is 218 g/mol. The second kappa shape index (κ2) is 3.24. The molecule has 1 aliphatic heterocycles. The van der Waals surface area contributed by atoms with E-state index in [2.05, 4.69) is 12.2 Å². The summed E-state index contributed by atoms with van der Waals surface area (Å²) in [5.74, 6) is 0. The molecule has 0 aliphatic carbocycles. The molecule has 1 aromatic heterocycles. The molecule has 4 heteroatoms. The minimum absolute atomic E-state index is 0.336. The molecule has 0 bridgehead atoms. The molecule has 2 atom stereocenters. The fourth-order valence-corrected chi connectivity index (χ4v) is 2.67. The third kappa shape index (κ3) is 1.74. The van der Waals surface area contributed by atoms with Gasteiger partial charge in [-0.25, -0.2) is 0 Å². The molecular weight excluding hydrogens is 206 g/mol. The highest BCUT2D eigenvalue weighted by Crippen LogP contribution is 2.34. The van der Waals surface area contributed by atoms with Crippen LogP contribution in [0.1, 0.15) is 18.7 Å². The van der Waals surface area contributed by atoms with Crippen LogP contribution < -0.4 is 5.32 Å². The minimum atomic E-state index is -0.336. The van der Waals surface area contributed by atoms with Gasteiger partial charge >= 0.3 is 0 Å². The molecule has 0 aromatic carbocycles. The zero-order valence-electron chi connectivity index (χ0n) is 7.63. The van der Waals surface area contributed by atoms with E-state index in [9.17, 15) is 0 Å². The second-order valence-corrected chi connectivity index (χ2v) is 5.21. The van der Waals surface area contributed by atoms with Gasteiger partial charge in [-0.2, -0.15) is 0 Å². The van der Waals surface area contributed by atoms with Crippen molar-refractivity contribution in [3.8, 4) is 0 Å². The maximum absolute atomic E-state index is 5.87. The van der Waals surface area contributed by atoms with Crippen LogP contribution in [0.5, 0.6) is 0 Å². The summed E-state index contributed by atoms with van der Waals surface area (Å²) >= 11 is 7.44. The van der Waals surface area contributed by atoms with Crippen molar-refractivity contribution in [2.24, 2.45) is 0 Å². The molecule has 1 N–H and O–H groups in total. The normalized spacial score (nSPS) is 33.9. The van der Waals surface area contributed by atoms with Crippen LogP contribution in [-0.2, 0) is 10.5 Å². The van der Waals surface area contributed by atoms with Crippen LogP contribution in [0.3, 0.4) is 0 Å². The Balaban J connectivity index is 2.25. The molecule has 0 spiro atoms. The topological polar surface area (TPSA) is 21.3 Å². The Bertz CT molecular complexity index is 314. The van der Waals surface area contributed by atoms with Gasteiger partial charge in [0.2, 0.25) is 0 Å². The second-order valence-electron chi connectivity index (χ2n) is 3.49. The third-order valence-corrected chi connectivity index (χ3v) is 3.62. The van der Waals surface area contributed by atoms with Crippen molar-refractivity contribution >= 4 is 22.9 Å². The molecule has 0 amide bonds. The molecule has 1 aliphatic rings. The van der Waals surface area contributed by atoms with Gasteiger partial charge in [0.05, 0.1) is 15.8 Å². The molecule has 2 heterocycles. The van der Waals surface area contributed by atoms with E-state index in [1.165, 1.54) is 0 Å². The molecular formula is C9H12ClNOS. The Labute approximate surface area is 86.9 Å². The SMILES string of the molecule is CC1COC(C)(c2ccc(Cl)s2)N1. The van der Waals surface area contributed by atoms with E-state index in [1.807, 2.05) is 19.1 Å².